The molecule has 6 heteroatoms. The molecule has 4 rings (SSSR count). The van der Waals surface area contributed by atoms with Crippen LogP contribution >= 0.6 is 23.1 Å². The van der Waals surface area contributed by atoms with Crippen molar-refractivity contribution in [2.45, 2.75) is 24.3 Å². The number of benzene rings is 1. The highest BCUT2D eigenvalue weighted by Gasteiger charge is 2.23. The average molecular weight is 327 g/mol. The zero-order chi connectivity index (χ0) is 15.3. The summed E-state index contributed by atoms with van der Waals surface area (Å²) >= 11 is 3.09. The fraction of sp³-hybridized carbons (Fsp3) is 0.188. The van der Waals surface area contributed by atoms with E-state index in [2.05, 4.69) is 17.0 Å². The van der Waals surface area contributed by atoms with E-state index in [4.69, 9.17) is 0 Å². The number of aromatic nitrogens is 2. The Morgan fingerprint density at radius 2 is 2.00 bits per heavy atom. The smallest absolute Gasteiger partial charge is 0.266 e. The maximum Gasteiger partial charge on any atom is 0.284 e. The Morgan fingerprint density at radius 3 is 2.77 bits per heavy atom. The summed E-state index contributed by atoms with van der Waals surface area (Å²) in [6.07, 6.45) is 0. The van der Waals surface area contributed by atoms with Gasteiger partial charge in [0.2, 0.25) is 0 Å². The molecule has 0 spiro atoms. The lowest BCUT2D eigenvalue weighted by Gasteiger charge is -2.18. The zero-order valence-corrected chi connectivity index (χ0v) is 13.7. The van der Waals surface area contributed by atoms with Crippen LogP contribution in [0.1, 0.15) is 13.8 Å². The largest absolute Gasteiger partial charge is 0.284 e. The summed E-state index contributed by atoms with van der Waals surface area (Å²) in [7, 11) is 0. The van der Waals surface area contributed by atoms with E-state index in [9.17, 15) is 4.79 Å². The van der Waals surface area contributed by atoms with Gasteiger partial charge in [0.1, 0.15) is 4.83 Å². The maximum atomic E-state index is 12.9. The highest BCUT2D eigenvalue weighted by Crippen LogP contribution is 2.33. The summed E-state index contributed by atoms with van der Waals surface area (Å²) in [5.41, 5.74) is 2.83. The molecule has 3 aromatic rings. The predicted octanol–water partition coefficient (Wildman–Crippen LogP) is 3.84. The van der Waals surface area contributed by atoms with Crippen molar-refractivity contribution in [3.8, 4) is 11.1 Å². The van der Waals surface area contributed by atoms with E-state index < -0.39 is 0 Å². The molecule has 0 fully saturated rings. The molecule has 3 heterocycles. The fourth-order valence-corrected chi connectivity index (χ4v) is 4.34. The Bertz CT molecular complexity index is 957. The average Bonchev–Trinajstić information content (AvgIpc) is 2.95. The van der Waals surface area contributed by atoms with E-state index in [1.54, 1.807) is 11.8 Å². The lowest BCUT2D eigenvalue weighted by molar-refractivity contribution is 0.693. The minimum Gasteiger partial charge on any atom is -0.266 e. The fourth-order valence-electron chi connectivity index (χ4n) is 2.44. The molecule has 0 N–H and O–H groups in total. The molecule has 0 unspecified atom stereocenters. The molecule has 1 atom stereocenters. The van der Waals surface area contributed by atoms with Crippen molar-refractivity contribution in [3.63, 3.8) is 0 Å². The van der Waals surface area contributed by atoms with Crippen molar-refractivity contribution >= 4 is 39.0 Å². The van der Waals surface area contributed by atoms with Crippen molar-refractivity contribution in [2.24, 2.45) is 5.10 Å². The first-order valence-electron chi connectivity index (χ1n) is 6.97. The Labute approximate surface area is 135 Å². The number of hydrogen-bond donors (Lipinski definition) is 0. The quantitative estimate of drug-likeness (QED) is 0.638. The van der Waals surface area contributed by atoms with E-state index in [0.717, 1.165) is 21.7 Å². The minimum atomic E-state index is -0.0844. The molecule has 1 aromatic carbocycles. The summed E-state index contributed by atoms with van der Waals surface area (Å²) in [6, 6.07) is 9.94. The number of thioether (sulfide) groups is 1. The number of thiophene rings is 1. The van der Waals surface area contributed by atoms with Crippen molar-refractivity contribution in [1.82, 2.24) is 9.66 Å². The Morgan fingerprint density at radius 1 is 1.23 bits per heavy atom. The molecule has 0 aliphatic carbocycles. The van der Waals surface area contributed by atoms with Crippen molar-refractivity contribution in [2.75, 3.05) is 0 Å². The molecule has 0 saturated heterocycles. The Balaban J connectivity index is 2.03. The van der Waals surface area contributed by atoms with Crippen molar-refractivity contribution < 1.29 is 0 Å². The standard InChI is InChI=1S/C16H13N3OS2/c1-9-10(2)22-16-17-14-13(15(20)19(16)18-9)12(8-21-14)11-6-4-3-5-7-11/h3-8,10H,1-2H3/t10-/m0/s1. The number of rotatable bonds is 1. The van der Waals surface area contributed by atoms with Crippen LogP contribution in [0.3, 0.4) is 0 Å². The number of fused-ring (bicyclic) bond motifs is 2. The third-order valence-corrected chi connectivity index (χ3v) is 5.81. The van der Waals surface area contributed by atoms with Crippen LogP contribution in [0.4, 0.5) is 0 Å². The lowest BCUT2D eigenvalue weighted by atomic mass is 10.1. The molecule has 0 bridgehead atoms. The summed E-state index contributed by atoms with van der Waals surface area (Å²) < 4.78 is 1.45. The van der Waals surface area contributed by atoms with Gasteiger partial charge in [-0.2, -0.15) is 9.78 Å². The van der Waals surface area contributed by atoms with Gasteiger partial charge in [-0.3, -0.25) is 4.79 Å². The minimum absolute atomic E-state index is 0.0844. The van der Waals surface area contributed by atoms with Gasteiger partial charge in [-0.25, -0.2) is 4.98 Å². The lowest BCUT2D eigenvalue weighted by Crippen LogP contribution is -2.27. The Hall–Kier alpha value is -1.92. The van der Waals surface area contributed by atoms with Gasteiger partial charge in [-0.1, -0.05) is 42.1 Å². The normalized spacial score (nSPS) is 17.4. The van der Waals surface area contributed by atoms with E-state index in [0.29, 0.717) is 10.5 Å². The molecule has 4 nitrogen and oxygen atoms in total. The van der Waals surface area contributed by atoms with Gasteiger partial charge in [0, 0.05) is 21.9 Å². The molecule has 2 aromatic heterocycles. The summed E-state index contributed by atoms with van der Waals surface area (Å²) in [6.45, 7) is 4.02. The zero-order valence-electron chi connectivity index (χ0n) is 12.1. The predicted molar refractivity (Wildman–Crippen MR) is 93.1 cm³/mol. The molecule has 1 aliphatic rings. The molecule has 110 valence electrons. The molecular weight excluding hydrogens is 314 g/mol. The maximum absolute atomic E-state index is 12.9. The van der Waals surface area contributed by atoms with Crippen LogP contribution in [-0.4, -0.2) is 20.6 Å². The monoisotopic (exact) mass is 327 g/mol. The van der Waals surface area contributed by atoms with E-state index >= 15 is 0 Å². The van der Waals surface area contributed by atoms with E-state index in [1.165, 1.54) is 16.0 Å². The third kappa shape index (κ3) is 2.02. The van der Waals surface area contributed by atoms with Crippen LogP contribution in [0.2, 0.25) is 0 Å². The summed E-state index contributed by atoms with van der Waals surface area (Å²) in [5.74, 6) is 0. The molecule has 22 heavy (non-hydrogen) atoms. The second kappa shape index (κ2) is 5.07. The first-order chi connectivity index (χ1) is 10.6. The van der Waals surface area contributed by atoms with Crippen LogP contribution in [0.25, 0.3) is 21.3 Å². The first kappa shape index (κ1) is 13.7. The highest BCUT2D eigenvalue weighted by molar-refractivity contribution is 8.00. The van der Waals surface area contributed by atoms with Gasteiger partial charge in [0.15, 0.2) is 5.16 Å². The second-order valence-electron chi connectivity index (χ2n) is 5.21. The SMILES string of the molecule is CC1=Nn2c(nc3scc(-c4ccccc4)c3c2=O)S[C@H]1C. The number of hydrogen-bond acceptors (Lipinski definition) is 5. The van der Waals surface area contributed by atoms with Gasteiger partial charge in [-0.15, -0.1) is 11.3 Å². The molecule has 1 aliphatic heterocycles. The molecule has 0 saturated carbocycles. The molecule has 0 amide bonds. The third-order valence-electron chi connectivity index (χ3n) is 3.77. The van der Waals surface area contributed by atoms with Gasteiger partial charge >= 0.3 is 0 Å². The number of nitrogens with zero attached hydrogens (tertiary/aromatic N) is 3. The summed E-state index contributed by atoms with van der Waals surface area (Å²) in [4.78, 5) is 18.3. The topological polar surface area (TPSA) is 47.2 Å². The summed E-state index contributed by atoms with van der Waals surface area (Å²) in [5, 5.41) is 8.02. The van der Waals surface area contributed by atoms with Crippen LogP contribution in [0, 0.1) is 0 Å². The van der Waals surface area contributed by atoms with Crippen molar-refractivity contribution in [1.29, 1.82) is 0 Å². The van der Waals surface area contributed by atoms with Gasteiger partial charge in [0.25, 0.3) is 5.56 Å². The highest BCUT2D eigenvalue weighted by atomic mass is 32.2. The van der Waals surface area contributed by atoms with E-state index in [1.807, 2.05) is 42.6 Å². The first-order valence-corrected chi connectivity index (χ1v) is 8.73. The molecular formula is C16H13N3OS2. The van der Waals surface area contributed by atoms with Crippen molar-refractivity contribution in [3.05, 3.63) is 46.1 Å². The van der Waals surface area contributed by atoms with E-state index in [-0.39, 0.29) is 10.8 Å². The second-order valence-corrected chi connectivity index (χ2v) is 7.37. The Kier molecular flexibility index (Phi) is 3.16. The van der Waals surface area contributed by atoms with Gasteiger partial charge in [-0.05, 0) is 19.4 Å². The van der Waals surface area contributed by atoms with Crippen LogP contribution < -0.4 is 5.56 Å². The molecule has 0 radical (unpaired) electrons. The van der Waals surface area contributed by atoms with Crippen LogP contribution in [0.15, 0.2) is 50.8 Å². The van der Waals surface area contributed by atoms with Gasteiger partial charge < -0.3 is 0 Å². The van der Waals surface area contributed by atoms with Crippen LogP contribution in [-0.2, 0) is 0 Å². The van der Waals surface area contributed by atoms with Crippen LogP contribution in [0.5, 0.6) is 0 Å². The van der Waals surface area contributed by atoms with Gasteiger partial charge in [0.05, 0.1) is 5.39 Å².